The number of nitriles is 1. The van der Waals surface area contributed by atoms with Crippen molar-refractivity contribution in [1.82, 2.24) is 25.0 Å². The van der Waals surface area contributed by atoms with Crippen LogP contribution in [0.1, 0.15) is 11.3 Å². The minimum Gasteiger partial charge on any atom is -0.389 e. The van der Waals surface area contributed by atoms with Crippen LogP contribution in [0.3, 0.4) is 0 Å². The molecule has 3 unspecified atom stereocenters. The van der Waals surface area contributed by atoms with Gasteiger partial charge in [-0.15, -0.1) is 11.3 Å². The predicted octanol–water partition coefficient (Wildman–Crippen LogP) is 2.50. The number of anilines is 1. The second kappa shape index (κ2) is 8.74. The van der Waals surface area contributed by atoms with Crippen LogP contribution in [-0.2, 0) is 4.74 Å². The Morgan fingerprint density at radius 1 is 1.18 bits per heavy atom. The number of thiophene rings is 1. The number of ether oxygens (including phenoxy) is 1. The molecule has 0 saturated carbocycles. The van der Waals surface area contributed by atoms with E-state index in [2.05, 4.69) is 33.2 Å². The van der Waals surface area contributed by atoms with E-state index in [1.165, 1.54) is 0 Å². The molecular weight excluding hydrogens is 522 g/mol. The van der Waals surface area contributed by atoms with Crippen LogP contribution in [0.25, 0.3) is 15.7 Å². The Morgan fingerprint density at radius 2 is 1.90 bits per heavy atom. The van der Waals surface area contributed by atoms with Gasteiger partial charge in [-0.05, 0) is 30.0 Å². The summed E-state index contributed by atoms with van der Waals surface area (Å²) in [6, 6.07) is 1.15. The lowest BCUT2D eigenvalue weighted by Crippen LogP contribution is -2.48. The van der Waals surface area contributed by atoms with E-state index in [4.69, 9.17) is 15.5 Å². The van der Waals surface area contributed by atoms with Crippen molar-refractivity contribution in [1.29, 1.82) is 5.26 Å². The fraction of sp³-hybridized carbons (Fsp3) is 0.444. The molecule has 39 heavy (non-hydrogen) atoms. The summed E-state index contributed by atoms with van der Waals surface area (Å²) >= 11 is 0.971. The summed E-state index contributed by atoms with van der Waals surface area (Å²) in [5.74, 6) is 1.46. The van der Waals surface area contributed by atoms with Gasteiger partial charge in [0.1, 0.15) is 28.8 Å². The van der Waals surface area contributed by atoms with Crippen LogP contribution in [0, 0.1) is 29.0 Å². The van der Waals surface area contributed by atoms with Crippen molar-refractivity contribution in [2.45, 2.75) is 6.04 Å². The number of nitrogens with zero attached hydrogens (tertiary/aromatic N) is 6. The Balaban J connectivity index is 1.41. The van der Waals surface area contributed by atoms with Crippen molar-refractivity contribution in [2.24, 2.45) is 16.8 Å². The monoisotopic (exact) mass is 550 g/mol. The topological polar surface area (TPSA) is 106 Å². The van der Waals surface area contributed by atoms with Crippen molar-refractivity contribution >= 4 is 38.0 Å². The lowest BCUT2D eigenvalue weighted by Gasteiger charge is -2.37. The van der Waals surface area contributed by atoms with E-state index in [1.807, 2.05) is 19.0 Å². The molecule has 9 nitrogen and oxygen atoms in total. The molecular formula is C27H28F2N8OS. The highest BCUT2D eigenvalue weighted by Crippen LogP contribution is 2.49. The van der Waals surface area contributed by atoms with Crippen molar-refractivity contribution < 1.29 is 13.5 Å². The molecule has 0 aromatic carbocycles. The molecule has 2 aromatic heterocycles. The Morgan fingerprint density at radius 3 is 2.59 bits per heavy atom. The lowest BCUT2D eigenvalue weighted by atomic mass is 9.82. The minimum atomic E-state index is -0.916. The molecule has 6 heterocycles. The fourth-order valence-electron chi connectivity index (χ4n) is 6.74. The van der Waals surface area contributed by atoms with Crippen molar-refractivity contribution in [3.05, 3.63) is 51.6 Å². The first kappa shape index (κ1) is 24.5. The Hall–Kier alpha value is -3.53. The predicted molar refractivity (Wildman–Crippen MR) is 146 cm³/mol. The normalized spacial score (nSPS) is 26.6. The summed E-state index contributed by atoms with van der Waals surface area (Å²) in [7, 11) is 6.00. The smallest absolute Gasteiger partial charge is 0.200 e. The molecule has 12 heteroatoms. The third-order valence-electron chi connectivity index (χ3n) is 8.43. The largest absolute Gasteiger partial charge is 0.389 e. The highest BCUT2D eigenvalue weighted by atomic mass is 32.1. The number of nitrogens with one attached hydrogen (secondary N) is 1. The summed E-state index contributed by atoms with van der Waals surface area (Å²) in [5, 5.41) is 13.7. The number of aliphatic imine (C=N–C) groups is 1. The average molecular weight is 551 g/mol. The zero-order valence-electron chi connectivity index (χ0n) is 21.9. The van der Waals surface area contributed by atoms with E-state index in [9.17, 15) is 9.65 Å². The van der Waals surface area contributed by atoms with Gasteiger partial charge in [-0.2, -0.15) is 5.26 Å². The van der Waals surface area contributed by atoms with Gasteiger partial charge in [-0.25, -0.2) is 13.8 Å². The summed E-state index contributed by atoms with van der Waals surface area (Å²) in [4.78, 5) is 15.8. The van der Waals surface area contributed by atoms with Crippen LogP contribution < -0.4 is 11.1 Å². The maximum Gasteiger partial charge on any atom is 0.200 e. The molecule has 1 aliphatic carbocycles. The number of aromatic nitrogens is 1. The Kier molecular flexibility index (Phi) is 5.49. The van der Waals surface area contributed by atoms with Gasteiger partial charge in [-0.3, -0.25) is 4.98 Å². The number of fused-ring (bicyclic) bond motifs is 4. The molecule has 2 fully saturated rings. The summed E-state index contributed by atoms with van der Waals surface area (Å²) in [6.45, 7) is 4.28. The van der Waals surface area contributed by atoms with Crippen LogP contribution in [0.2, 0.25) is 0 Å². The van der Waals surface area contributed by atoms with Gasteiger partial charge in [0.05, 0.1) is 35.4 Å². The molecule has 202 valence electrons. The SMILES string of the molecule is CN1CC2CN(C3=NC4C(F)=C(c5ncc(F)c6sc(N)c(C#N)c56)C5=C(COC5)C4=C(N(C)C)N3)CC2C1. The summed E-state index contributed by atoms with van der Waals surface area (Å²) in [6.07, 6.45) is 1.07. The van der Waals surface area contributed by atoms with Gasteiger partial charge in [0.2, 0.25) is 5.96 Å². The number of hydrogen-bond acceptors (Lipinski definition) is 10. The first-order chi connectivity index (χ1) is 18.8. The van der Waals surface area contributed by atoms with E-state index < -0.39 is 17.7 Å². The molecule has 2 saturated heterocycles. The molecule has 0 spiro atoms. The van der Waals surface area contributed by atoms with Gasteiger partial charge in [0.25, 0.3) is 0 Å². The van der Waals surface area contributed by atoms with E-state index in [-0.39, 0.29) is 38.5 Å². The number of nitrogens with two attached hydrogens (primary N) is 1. The second-order valence-electron chi connectivity index (χ2n) is 11.1. The number of guanidine groups is 1. The first-order valence-electron chi connectivity index (χ1n) is 12.9. The molecule has 0 radical (unpaired) electrons. The Bertz CT molecular complexity index is 1580. The van der Waals surface area contributed by atoms with Crippen LogP contribution >= 0.6 is 11.3 Å². The van der Waals surface area contributed by atoms with E-state index >= 15 is 4.39 Å². The van der Waals surface area contributed by atoms with Crippen LogP contribution in [-0.4, -0.2) is 92.2 Å². The number of hydrogen-bond donors (Lipinski definition) is 2. The molecule has 7 rings (SSSR count). The summed E-state index contributed by atoms with van der Waals surface area (Å²) < 4.78 is 37.7. The van der Waals surface area contributed by atoms with Gasteiger partial charge in [0.15, 0.2) is 5.82 Å². The van der Waals surface area contributed by atoms with Crippen LogP contribution in [0.4, 0.5) is 13.8 Å². The molecule has 3 atom stereocenters. The maximum absolute atomic E-state index is 16.9. The van der Waals surface area contributed by atoms with Gasteiger partial charge in [0, 0.05) is 56.8 Å². The van der Waals surface area contributed by atoms with E-state index in [0.717, 1.165) is 60.7 Å². The highest BCUT2D eigenvalue weighted by Gasteiger charge is 2.45. The van der Waals surface area contributed by atoms with Crippen molar-refractivity contribution in [3.63, 3.8) is 0 Å². The van der Waals surface area contributed by atoms with Gasteiger partial charge < -0.3 is 30.5 Å². The van der Waals surface area contributed by atoms with E-state index in [0.29, 0.717) is 30.0 Å². The van der Waals surface area contributed by atoms with Crippen LogP contribution in [0.5, 0.6) is 0 Å². The molecule has 5 aliphatic rings. The minimum absolute atomic E-state index is 0.108. The molecule has 0 amide bonds. The van der Waals surface area contributed by atoms with E-state index in [1.54, 1.807) is 0 Å². The number of halogens is 2. The maximum atomic E-state index is 16.9. The lowest BCUT2D eigenvalue weighted by molar-refractivity contribution is 0.206. The third-order valence-corrected chi connectivity index (χ3v) is 9.46. The van der Waals surface area contributed by atoms with Crippen LogP contribution in [0.15, 0.2) is 39.6 Å². The Labute approximate surface area is 228 Å². The number of likely N-dealkylation sites (tertiary alicyclic amines) is 2. The van der Waals surface area contributed by atoms with Gasteiger partial charge >= 0.3 is 0 Å². The number of pyridine rings is 1. The molecule has 0 bridgehead atoms. The van der Waals surface area contributed by atoms with Crippen molar-refractivity contribution in [3.8, 4) is 6.07 Å². The zero-order chi connectivity index (χ0) is 27.2. The molecule has 4 aliphatic heterocycles. The average Bonchev–Trinajstić information content (AvgIpc) is 3.67. The highest BCUT2D eigenvalue weighted by molar-refractivity contribution is 7.23. The molecule has 2 aromatic rings. The molecule has 3 N–H and O–H groups in total. The number of nitrogen functional groups attached to an aromatic ring is 1. The fourth-order valence-corrected chi connectivity index (χ4v) is 7.67. The quantitative estimate of drug-likeness (QED) is 0.588. The zero-order valence-corrected chi connectivity index (χ0v) is 22.7. The first-order valence-corrected chi connectivity index (χ1v) is 13.7. The van der Waals surface area contributed by atoms with Crippen molar-refractivity contribution in [2.75, 3.05) is 66.3 Å². The standard InChI is InChI=1S/C27H28F2N8OS/c1-35(2)26-20-16-11-38-10-15(16)18(22-19-14(4-30)25(31)39-24(19)17(28)5-32-22)21(29)23(20)33-27(34-26)37-8-12-6-36(3)7-13(12)9-37/h5,12-13,23H,6-11,31H2,1-3H3,(H,33,34). The summed E-state index contributed by atoms with van der Waals surface area (Å²) in [5.41, 5.74) is 8.82. The third kappa shape index (κ3) is 3.53. The number of rotatable bonds is 2. The van der Waals surface area contributed by atoms with Gasteiger partial charge in [-0.1, -0.05) is 0 Å². The second-order valence-corrected chi connectivity index (χ2v) is 12.1.